The molecule has 1 heteroatoms. The minimum absolute atomic E-state index is 0.550. The van der Waals surface area contributed by atoms with Gasteiger partial charge in [0.2, 0.25) is 0 Å². The quantitative estimate of drug-likeness (QED) is 0.812. The van der Waals surface area contributed by atoms with E-state index >= 15 is 0 Å². The van der Waals surface area contributed by atoms with Crippen LogP contribution in [0.3, 0.4) is 0 Å². The van der Waals surface area contributed by atoms with E-state index in [1.807, 2.05) is 0 Å². The van der Waals surface area contributed by atoms with Crippen LogP contribution < -0.4 is 5.32 Å². The van der Waals surface area contributed by atoms with Crippen molar-refractivity contribution in [2.24, 2.45) is 11.8 Å². The first kappa shape index (κ1) is 11.7. The Morgan fingerprint density at radius 2 is 1.69 bits per heavy atom. The number of hydrogen-bond donors (Lipinski definition) is 1. The SMILES string of the molecule is CNC(c1ccccc1)C1CCC(C)CC1. The molecule has 0 radical (unpaired) electrons. The summed E-state index contributed by atoms with van der Waals surface area (Å²) in [6, 6.07) is 11.4. The Morgan fingerprint density at radius 3 is 2.25 bits per heavy atom. The van der Waals surface area contributed by atoms with E-state index in [9.17, 15) is 0 Å². The van der Waals surface area contributed by atoms with Crippen molar-refractivity contribution in [2.75, 3.05) is 7.05 Å². The fourth-order valence-electron chi connectivity index (χ4n) is 2.95. The molecule has 1 aliphatic rings. The van der Waals surface area contributed by atoms with Crippen LogP contribution in [0, 0.1) is 11.8 Å². The van der Waals surface area contributed by atoms with Gasteiger partial charge in [-0.3, -0.25) is 0 Å². The van der Waals surface area contributed by atoms with Gasteiger partial charge in [0.25, 0.3) is 0 Å². The van der Waals surface area contributed by atoms with Crippen LogP contribution in [0.15, 0.2) is 30.3 Å². The Bertz CT molecular complexity index is 298. The molecule has 0 spiro atoms. The molecule has 0 aromatic heterocycles. The summed E-state index contributed by atoms with van der Waals surface area (Å²) >= 11 is 0. The van der Waals surface area contributed by atoms with Gasteiger partial charge < -0.3 is 5.32 Å². The highest BCUT2D eigenvalue weighted by Crippen LogP contribution is 2.36. The zero-order valence-electron chi connectivity index (χ0n) is 10.4. The number of hydrogen-bond acceptors (Lipinski definition) is 1. The lowest BCUT2D eigenvalue weighted by atomic mass is 9.77. The third-order valence-corrected chi connectivity index (χ3v) is 4.00. The van der Waals surface area contributed by atoms with Crippen molar-refractivity contribution in [1.82, 2.24) is 5.32 Å². The maximum absolute atomic E-state index is 3.50. The van der Waals surface area contributed by atoms with Crippen molar-refractivity contribution in [3.63, 3.8) is 0 Å². The lowest BCUT2D eigenvalue weighted by molar-refractivity contribution is 0.238. The average molecular weight is 217 g/mol. The van der Waals surface area contributed by atoms with Crippen LogP contribution in [0.5, 0.6) is 0 Å². The first-order chi connectivity index (χ1) is 7.81. The summed E-state index contributed by atoms with van der Waals surface area (Å²) in [5, 5.41) is 3.50. The van der Waals surface area contributed by atoms with Crippen LogP contribution in [0.1, 0.15) is 44.2 Å². The molecule has 0 bridgehead atoms. The molecule has 1 aromatic rings. The van der Waals surface area contributed by atoms with Gasteiger partial charge in [-0.1, -0.05) is 50.1 Å². The second-order valence-corrected chi connectivity index (χ2v) is 5.20. The van der Waals surface area contributed by atoms with Crippen molar-refractivity contribution >= 4 is 0 Å². The summed E-state index contributed by atoms with van der Waals surface area (Å²) in [4.78, 5) is 0. The standard InChI is InChI=1S/C15H23N/c1-12-8-10-14(11-9-12)15(16-2)13-6-4-3-5-7-13/h3-7,12,14-16H,8-11H2,1-2H3. The summed E-state index contributed by atoms with van der Waals surface area (Å²) in [5.41, 5.74) is 1.45. The zero-order chi connectivity index (χ0) is 11.4. The Balaban J connectivity index is 2.05. The Kier molecular flexibility index (Phi) is 4.00. The van der Waals surface area contributed by atoms with Crippen molar-refractivity contribution in [1.29, 1.82) is 0 Å². The normalized spacial score (nSPS) is 27.6. The summed E-state index contributed by atoms with van der Waals surface area (Å²) < 4.78 is 0. The van der Waals surface area contributed by atoms with Gasteiger partial charge in [-0.25, -0.2) is 0 Å². The third kappa shape index (κ3) is 2.65. The largest absolute Gasteiger partial charge is 0.313 e. The molecule has 1 saturated carbocycles. The van der Waals surface area contributed by atoms with Crippen molar-refractivity contribution in [3.05, 3.63) is 35.9 Å². The maximum atomic E-state index is 3.50. The topological polar surface area (TPSA) is 12.0 Å². The van der Waals surface area contributed by atoms with Crippen LogP contribution in [0.25, 0.3) is 0 Å². The van der Waals surface area contributed by atoms with Gasteiger partial charge in [-0.2, -0.15) is 0 Å². The molecular formula is C15H23N. The highest BCUT2D eigenvalue weighted by atomic mass is 14.9. The summed E-state index contributed by atoms with van der Waals surface area (Å²) in [6.45, 7) is 2.38. The predicted molar refractivity (Wildman–Crippen MR) is 69.4 cm³/mol. The molecule has 2 rings (SSSR count). The molecule has 0 aliphatic heterocycles. The van der Waals surface area contributed by atoms with Gasteiger partial charge in [0.15, 0.2) is 0 Å². The molecular weight excluding hydrogens is 194 g/mol. The van der Waals surface area contributed by atoms with E-state index in [1.165, 1.54) is 31.2 Å². The minimum Gasteiger partial charge on any atom is -0.313 e. The second-order valence-electron chi connectivity index (χ2n) is 5.20. The molecule has 0 saturated heterocycles. The third-order valence-electron chi connectivity index (χ3n) is 4.00. The number of rotatable bonds is 3. The van der Waals surface area contributed by atoms with Gasteiger partial charge in [0, 0.05) is 6.04 Å². The molecule has 0 heterocycles. The van der Waals surface area contributed by atoms with E-state index in [0.717, 1.165) is 11.8 Å². The van der Waals surface area contributed by atoms with Crippen molar-refractivity contribution < 1.29 is 0 Å². The molecule has 0 amide bonds. The molecule has 1 aromatic carbocycles. The van der Waals surface area contributed by atoms with Gasteiger partial charge in [0.05, 0.1) is 0 Å². The molecule has 1 atom stereocenters. The minimum atomic E-state index is 0.550. The van der Waals surface area contributed by atoms with Gasteiger partial charge in [0.1, 0.15) is 0 Å². The van der Waals surface area contributed by atoms with E-state index in [0.29, 0.717) is 6.04 Å². The molecule has 1 nitrogen and oxygen atoms in total. The van der Waals surface area contributed by atoms with E-state index in [-0.39, 0.29) is 0 Å². The number of nitrogens with one attached hydrogen (secondary N) is 1. The van der Waals surface area contributed by atoms with Crippen molar-refractivity contribution in [3.8, 4) is 0 Å². The fourth-order valence-corrected chi connectivity index (χ4v) is 2.95. The molecule has 1 fully saturated rings. The first-order valence-electron chi connectivity index (χ1n) is 6.53. The van der Waals surface area contributed by atoms with Crippen LogP contribution in [-0.4, -0.2) is 7.05 Å². The lowest BCUT2D eigenvalue weighted by Gasteiger charge is -2.32. The van der Waals surface area contributed by atoms with Crippen LogP contribution in [-0.2, 0) is 0 Å². The molecule has 1 N–H and O–H groups in total. The molecule has 1 aliphatic carbocycles. The van der Waals surface area contributed by atoms with E-state index in [4.69, 9.17) is 0 Å². The average Bonchev–Trinajstić information content (AvgIpc) is 2.34. The Hall–Kier alpha value is -0.820. The highest BCUT2D eigenvalue weighted by molar-refractivity contribution is 5.19. The van der Waals surface area contributed by atoms with Crippen LogP contribution >= 0.6 is 0 Å². The van der Waals surface area contributed by atoms with Gasteiger partial charge in [-0.15, -0.1) is 0 Å². The fraction of sp³-hybridized carbons (Fsp3) is 0.600. The van der Waals surface area contributed by atoms with E-state index < -0.39 is 0 Å². The van der Waals surface area contributed by atoms with Crippen LogP contribution in [0.2, 0.25) is 0 Å². The monoisotopic (exact) mass is 217 g/mol. The first-order valence-corrected chi connectivity index (χ1v) is 6.53. The Morgan fingerprint density at radius 1 is 1.06 bits per heavy atom. The predicted octanol–water partition coefficient (Wildman–Crippen LogP) is 3.77. The second kappa shape index (κ2) is 5.49. The Labute approximate surface area is 99.3 Å². The summed E-state index contributed by atoms with van der Waals surface area (Å²) in [7, 11) is 2.09. The van der Waals surface area contributed by atoms with E-state index in [2.05, 4.69) is 49.6 Å². The number of benzene rings is 1. The van der Waals surface area contributed by atoms with Gasteiger partial charge in [-0.05, 0) is 37.3 Å². The highest BCUT2D eigenvalue weighted by Gasteiger charge is 2.25. The smallest absolute Gasteiger partial charge is 0.0346 e. The molecule has 88 valence electrons. The van der Waals surface area contributed by atoms with E-state index in [1.54, 1.807) is 0 Å². The summed E-state index contributed by atoms with van der Waals surface area (Å²) in [6.07, 6.45) is 5.55. The van der Waals surface area contributed by atoms with Gasteiger partial charge >= 0.3 is 0 Å². The van der Waals surface area contributed by atoms with Crippen LogP contribution in [0.4, 0.5) is 0 Å². The van der Waals surface area contributed by atoms with Crippen molar-refractivity contribution in [2.45, 2.75) is 38.6 Å². The lowest BCUT2D eigenvalue weighted by Crippen LogP contribution is -2.28. The summed E-state index contributed by atoms with van der Waals surface area (Å²) in [5.74, 6) is 1.76. The molecule has 1 unspecified atom stereocenters. The molecule has 16 heavy (non-hydrogen) atoms. The maximum Gasteiger partial charge on any atom is 0.0346 e. The zero-order valence-corrected chi connectivity index (χ0v) is 10.4.